The van der Waals surface area contributed by atoms with Gasteiger partial charge in [-0.05, 0) is 49.2 Å². The topological polar surface area (TPSA) is 45.2 Å². The summed E-state index contributed by atoms with van der Waals surface area (Å²) in [7, 11) is 0. The highest BCUT2D eigenvalue weighted by Gasteiger charge is 2.16. The molecule has 0 aliphatic rings. The number of benzene rings is 2. The van der Waals surface area contributed by atoms with E-state index in [1.807, 2.05) is 55.5 Å². The van der Waals surface area contributed by atoms with Gasteiger partial charge in [0.2, 0.25) is 0 Å². The second kappa shape index (κ2) is 8.30. The maximum absolute atomic E-state index is 12.8. The summed E-state index contributed by atoms with van der Waals surface area (Å²) in [6, 6.07) is 21.6. The van der Waals surface area contributed by atoms with Crippen LogP contribution in [0.4, 0.5) is 11.4 Å². The van der Waals surface area contributed by atoms with Crippen molar-refractivity contribution in [2.75, 3.05) is 16.8 Å². The van der Waals surface area contributed by atoms with Gasteiger partial charge in [0.1, 0.15) is 5.69 Å². The summed E-state index contributed by atoms with van der Waals surface area (Å²) in [4.78, 5) is 18.8. The molecule has 1 N–H and O–H groups in total. The predicted molar refractivity (Wildman–Crippen MR) is 107 cm³/mol. The Bertz CT molecular complexity index is 860. The number of aromatic nitrogens is 1. The van der Waals surface area contributed by atoms with Gasteiger partial charge in [-0.3, -0.25) is 4.79 Å². The van der Waals surface area contributed by atoms with Crippen LogP contribution < -0.4 is 10.2 Å². The number of carbonyl (C=O) groups excluding carboxylic acids is 1. The Kier molecular flexibility index (Phi) is 5.64. The number of hydrogen-bond donors (Lipinski definition) is 1. The molecule has 0 saturated heterocycles. The van der Waals surface area contributed by atoms with Crippen LogP contribution in [0, 0.1) is 6.92 Å². The van der Waals surface area contributed by atoms with E-state index in [1.54, 1.807) is 17.2 Å². The molecule has 26 heavy (non-hydrogen) atoms. The van der Waals surface area contributed by atoms with Crippen molar-refractivity contribution < 1.29 is 4.79 Å². The molecule has 0 atom stereocenters. The second-order valence-corrected chi connectivity index (χ2v) is 6.10. The lowest BCUT2D eigenvalue weighted by Crippen LogP contribution is -2.31. The van der Waals surface area contributed by atoms with E-state index < -0.39 is 0 Å². The Morgan fingerprint density at radius 3 is 2.38 bits per heavy atom. The van der Waals surface area contributed by atoms with E-state index in [0.717, 1.165) is 17.9 Å². The normalized spacial score (nSPS) is 10.4. The Labute approximate surface area is 154 Å². The van der Waals surface area contributed by atoms with Crippen molar-refractivity contribution in [1.82, 2.24) is 4.98 Å². The average molecular weight is 345 g/mol. The number of anilines is 2. The van der Waals surface area contributed by atoms with Gasteiger partial charge in [-0.2, -0.15) is 0 Å². The molecular formula is C22H23N3O. The summed E-state index contributed by atoms with van der Waals surface area (Å²) in [5.41, 5.74) is 4.71. The van der Waals surface area contributed by atoms with Crippen molar-refractivity contribution in [2.45, 2.75) is 20.4 Å². The Hall–Kier alpha value is -3.14. The lowest BCUT2D eigenvalue weighted by atomic mass is 10.1. The maximum Gasteiger partial charge on any atom is 0.276 e. The molecule has 1 aromatic heterocycles. The van der Waals surface area contributed by atoms with Crippen LogP contribution in [0.3, 0.4) is 0 Å². The summed E-state index contributed by atoms with van der Waals surface area (Å²) in [5.74, 6) is -0.0934. The van der Waals surface area contributed by atoms with Gasteiger partial charge in [-0.15, -0.1) is 0 Å². The summed E-state index contributed by atoms with van der Waals surface area (Å²) in [5, 5.41) is 3.36. The summed E-state index contributed by atoms with van der Waals surface area (Å²) >= 11 is 0. The third-order valence-electron chi connectivity index (χ3n) is 4.36. The molecule has 1 heterocycles. The molecule has 0 spiro atoms. The molecule has 3 aromatic rings. The molecule has 0 radical (unpaired) electrons. The number of para-hydroxylation sites is 1. The molecular weight excluding hydrogens is 322 g/mol. The van der Waals surface area contributed by atoms with Crippen LogP contribution in [0.2, 0.25) is 0 Å². The first-order valence-corrected chi connectivity index (χ1v) is 8.80. The highest BCUT2D eigenvalue weighted by atomic mass is 16.2. The fraction of sp³-hybridized carbons (Fsp3) is 0.182. The van der Waals surface area contributed by atoms with Crippen molar-refractivity contribution in [3.8, 4) is 0 Å². The van der Waals surface area contributed by atoms with E-state index >= 15 is 0 Å². The highest BCUT2D eigenvalue weighted by Crippen LogP contribution is 2.17. The first-order chi connectivity index (χ1) is 12.7. The molecule has 3 rings (SSSR count). The van der Waals surface area contributed by atoms with Gasteiger partial charge in [-0.25, -0.2) is 4.98 Å². The number of aryl methyl sites for hydroxylation is 1. The first-order valence-electron chi connectivity index (χ1n) is 8.80. The Balaban J connectivity index is 1.68. The molecule has 2 aromatic carbocycles. The van der Waals surface area contributed by atoms with E-state index in [1.165, 1.54) is 11.1 Å². The monoisotopic (exact) mass is 345 g/mol. The smallest absolute Gasteiger partial charge is 0.276 e. The molecule has 0 fully saturated rings. The number of hydrogen-bond acceptors (Lipinski definition) is 3. The first kappa shape index (κ1) is 17.7. The van der Waals surface area contributed by atoms with Gasteiger partial charge in [0, 0.05) is 18.8 Å². The second-order valence-electron chi connectivity index (χ2n) is 6.10. The van der Waals surface area contributed by atoms with E-state index in [2.05, 4.69) is 29.4 Å². The molecule has 132 valence electrons. The van der Waals surface area contributed by atoms with Crippen molar-refractivity contribution in [1.29, 1.82) is 0 Å². The Morgan fingerprint density at radius 1 is 1.00 bits per heavy atom. The van der Waals surface area contributed by atoms with Crippen molar-refractivity contribution in [3.63, 3.8) is 0 Å². The van der Waals surface area contributed by atoms with E-state index in [9.17, 15) is 4.79 Å². The molecule has 4 nitrogen and oxygen atoms in total. The third-order valence-corrected chi connectivity index (χ3v) is 4.36. The van der Waals surface area contributed by atoms with Crippen LogP contribution >= 0.6 is 0 Å². The molecule has 1 amide bonds. The van der Waals surface area contributed by atoms with Crippen molar-refractivity contribution in [3.05, 3.63) is 89.7 Å². The zero-order valence-electron chi connectivity index (χ0n) is 15.1. The van der Waals surface area contributed by atoms with Crippen LogP contribution in [0.25, 0.3) is 0 Å². The number of nitrogens with zero attached hydrogens (tertiary/aromatic N) is 2. The minimum Gasteiger partial charge on any atom is -0.380 e. The SMILES string of the molecule is CCN(C(=O)c1ccc(NCc2ccccc2C)cn1)c1ccccc1. The van der Waals surface area contributed by atoms with Gasteiger partial charge in [0.05, 0.1) is 11.9 Å². The fourth-order valence-corrected chi connectivity index (χ4v) is 2.82. The quantitative estimate of drug-likeness (QED) is 0.706. The standard InChI is InChI=1S/C22H23N3O/c1-3-25(20-11-5-4-6-12-20)22(26)21-14-13-19(16-24-21)23-15-18-10-8-7-9-17(18)2/h4-14,16,23H,3,15H2,1-2H3. The molecule has 4 heteroatoms. The average Bonchev–Trinajstić information content (AvgIpc) is 2.69. The Morgan fingerprint density at radius 2 is 1.73 bits per heavy atom. The third kappa shape index (κ3) is 4.09. The van der Waals surface area contributed by atoms with Gasteiger partial charge in [-0.1, -0.05) is 42.5 Å². The summed E-state index contributed by atoms with van der Waals surface area (Å²) < 4.78 is 0. The van der Waals surface area contributed by atoms with Gasteiger partial charge >= 0.3 is 0 Å². The zero-order valence-corrected chi connectivity index (χ0v) is 15.1. The predicted octanol–water partition coefficient (Wildman–Crippen LogP) is 4.67. The van der Waals surface area contributed by atoms with E-state index in [0.29, 0.717) is 12.2 Å². The minimum absolute atomic E-state index is 0.0934. The van der Waals surface area contributed by atoms with E-state index in [4.69, 9.17) is 0 Å². The number of nitrogens with one attached hydrogen (secondary N) is 1. The fourth-order valence-electron chi connectivity index (χ4n) is 2.82. The number of carbonyl (C=O) groups is 1. The molecule has 0 saturated carbocycles. The minimum atomic E-state index is -0.0934. The van der Waals surface area contributed by atoms with Crippen molar-refractivity contribution in [2.24, 2.45) is 0 Å². The van der Waals surface area contributed by atoms with Crippen LogP contribution in [-0.4, -0.2) is 17.4 Å². The van der Waals surface area contributed by atoms with Crippen molar-refractivity contribution >= 4 is 17.3 Å². The van der Waals surface area contributed by atoms with Gasteiger partial charge in [0.15, 0.2) is 0 Å². The largest absolute Gasteiger partial charge is 0.380 e. The van der Waals surface area contributed by atoms with Gasteiger partial charge < -0.3 is 10.2 Å². The number of rotatable bonds is 6. The van der Waals surface area contributed by atoms with Crippen LogP contribution in [-0.2, 0) is 6.54 Å². The molecule has 0 unspecified atom stereocenters. The molecule has 0 bridgehead atoms. The highest BCUT2D eigenvalue weighted by molar-refractivity contribution is 6.04. The maximum atomic E-state index is 12.8. The molecule has 0 aliphatic heterocycles. The lowest BCUT2D eigenvalue weighted by molar-refractivity contribution is 0.0983. The van der Waals surface area contributed by atoms with Gasteiger partial charge in [0.25, 0.3) is 5.91 Å². The van der Waals surface area contributed by atoms with Crippen LogP contribution in [0.1, 0.15) is 28.5 Å². The molecule has 0 aliphatic carbocycles. The summed E-state index contributed by atoms with van der Waals surface area (Å²) in [6.07, 6.45) is 1.71. The lowest BCUT2D eigenvalue weighted by Gasteiger charge is -2.20. The van der Waals surface area contributed by atoms with Crippen LogP contribution in [0.5, 0.6) is 0 Å². The van der Waals surface area contributed by atoms with E-state index in [-0.39, 0.29) is 5.91 Å². The summed E-state index contributed by atoms with van der Waals surface area (Å²) in [6.45, 7) is 5.38. The number of pyridine rings is 1. The zero-order chi connectivity index (χ0) is 18.4. The number of amides is 1. The van der Waals surface area contributed by atoms with Crippen LogP contribution in [0.15, 0.2) is 72.9 Å².